The number of para-hydroxylation sites is 1. The van der Waals surface area contributed by atoms with Gasteiger partial charge in [0.25, 0.3) is 0 Å². The molecule has 1 aromatic carbocycles. The van der Waals surface area contributed by atoms with E-state index >= 15 is 0 Å². The molecule has 1 saturated heterocycles. The van der Waals surface area contributed by atoms with Gasteiger partial charge in [0.05, 0.1) is 0 Å². The van der Waals surface area contributed by atoms with Crippen molar-refractivity contribution in [2.75, 3.05) is 37.6 Å². The van der Waals surface area contributed by atoms with Crippen molar-refractivity contribution in [3.05, 3.63) is 42.0 Å². The molecule has 0 spiro atoms. The number of hydrogen-bond acceptors (Lipinski definition) is 4. The number of anilines is 1. The highest BCUT2D eigenvalue weighted by molar-refractivity contribution is 5.46. The number of piperazine rings is 1. The summed E-state index contributed by atoms with van der Waals surface area (Å²) in [6, 6.07) is 10.7. The second kappa shape index (κ2) is 6.72. The number of benzene rings is 1. The summed E-state index contributed by atoms with van der Waals surface area (Å²) in [7, 11) is 0. The molecule has 0 atom stereocenters. The maximum atomic E-state index is 4.35. The normalized spacial score (nSPS) is 16.3. The van der Waals surface area contributed by atoms with Crippen LogP contribution in [0.4, 0.5) is 5.69 Å². The molecule has 1 N–H and O–H groups in total. The molecule has 1 fully saturated rings. The fourth-order valence-corrected chi connectivity index (χ4v) is 2.83. The topological polar surface area (TPSA) is 48.1 Å². The lowest BCUT2D eigenvalue weighted by molar-refractivity contribution is 0.254. The molecule has 0 saturated carbocycles. The summed E-state index contributed by atoms with van der Waals surface area (Å²) in [5, 5.41) is 7.09. The Labute approximate surface area is 126 Å². The van der Waals surface area contributed by atoms with Crippen LogP contribution >= 0.6 is 0 Å². The highest BCUT2D eigenvalue weighted by Gasteiger charge is 2.16. The maximum absolute atomic E-state index is 4.35. The molecule has 0 unspecified atom stereocenters. The predicted molar refractivity (Wildman–Crippen MR) is 84.5 cm³/mol. The Morgan fingerprint density at radius 3 is 2.52 bits per heavy atom. The first-order valence-corrected chi connectivity index (χ1v) is 7.71. The van der Waals surface area contributed by atoms with Crippen molar-refractivity contribution < 1.29 is 0 Å². The first-order chi connectivity index (χ1) is 10.3. The van der Waals surface area contributed by atoms with Gasteiger partial charge in [-0.3, -0.25) is 10.00 Å². The number of hydrogen-bond donors (Lipinski definition) is 1. The van der Waals surface area contributed by atoms with E-state index in [1.807, 2.05) is 6.92 Å². The van der Waals surface area contributed by atoms with Gasteiger partial charge in [-0.15, -0.1) is 0 Å². The second-order valence-electron chi connectivity index (χ2n) is 5.60. The fraction of sp³-hybridized carbons (Fsp3) is 0.500. The van der Waals surface area contributed by atoms with Gasteiger partial charge >= 0.3 is 0 Å². The van der Waals surface area contributed by atoms with Crippen LogP contribution in [0.15, 0.2) is 30.3 Å². The van der Waals surface area contributed by atoms with Crippen molar-refractivity contribution >= 4 is 5.69 Å². The van der Waals surface area contributed by atoms with E-state index in [0.717, 1.165) is 57.2 Å². The number of aromatic nitrogens is 3. The molecule has 0 radical (unpaired) electrons. The van der Waals surface area contributed by atoms with E-state index in [4.69, 9.17) is 0 Å². The number of nitrogens with zero attached hydrogens (tertiary/aromatic N) is 4. The molecule has 2 heterocycles. The molecular formula is C16H23N5. The minimum Gasteiger partial charge on any atom is -0.369 e. The van der Waals surface area contributed by atoms with Gasteiger partial charge in [-0.2, -0.15) is 5.10 Å². The molecule has 5 nitrogen and oxygen atoms in total. The van der Waals surface area contributed by atoms with Gasteiger partial charge in [-0.25, -0.2) is 4.98 Å². The molecule has 5 heteroatoms. The van der Waals surface area contributed by atoms with E-state index in [-0.39, 0.29) is 0 Å². The van der Waals surface area contributed by atoms with Gasteiger partial charge in [-0.05, 0) is 32.0 Å². The Morgan fingerprint density at radius 2 is 1.86 bits per heavy atom. The van der Waals surface area contributed by atoms with Crippen molar-refractivity contribution in [3.8, 4) is 0 Å². The summed E-state index contributed by atoms with van der Waals surface area (Å²) >= 11 is 0. The number of rotatable bonds is 5. The molecule has 1 aliphatic heterocycles. The summed E-state index contributed by atoms with van der Waals surface area (Å²) in [5.74, 6) is 1.84. The minimum absolute atomic E-state index is 0.904. The molecule has 0 aliphatic carbocycles. The third-order valence-corrected chi connectivity index (χ3v) is 4.01. The van der Waals surface area contributed by atoms with Crippen LogP contribution in [-0.4, -0.2) is 52.8 Å². The van der Waals surface area contributed by atoms with Gasteiger partial charge in [0.2, 0.25) is 0 Å². The number of aromatic amines is 1. The van der Waals surface area contributed by atoms with Crippen LogP contribution in [0.5, 0.6) is 0 Å². The van der Waals surface area contributed by atoms with E-state index in [2.05, 4.69) is 55.3 Å². The molecule has 3 rings (SSSR count). The van der Waals surface area contributed by atoms with Crippen LogP contribution in [0.3, 0.4) is 0 Å². The van der Waals surface area contributed by atoms with Crippen LogP contribution in [0.25, 0.3) is 0 Å². The minimum atomic E-state index is 0.904. The van der Waals surface area contributed by atoms with Gasteiger partial charge in [0, 0.05) is 38.3 Å². The molecule has 1 aliphatic rings. The Hall–Kier alpha value is -1.88. The van der Waals surface area contributed by atoms with Crippen LogP contribution in [0.1, 0.15) is 18.1 Å². The molecule has 2 aromatic rings. The number of H-pyrrole nitrogens is 1. The fourth-order valence-electron chi connectivity index (χ4n) is 2.83. The van der Waals surface area contributed by atoms with Gasteiger partial charge < -0.3 is 4.90 Å². The largest absolute Gasteiger partial charge is 0.369 e. The Balaban J connectivity index is 1.40. The third kappa shape index (κ3) is 3.82. The quantitative estimate of drug-likeness (QED) is 0.911. The van der Waals surface area contributed by atoms with E-state index in [9.17, 15) is 0 Å². The summed E-state index contributed by atoms with van der Waals surface area (Å²) in [6.07, 6.45) is 2.09. The number of nitrogens with one attached hydrogen (secondary N) is 1. The molecule has 112 valence electrons. The predicted octanol–water partition coefficient (Wildman–Crippen LogP) is 1.87. The zero-order valence-electron chi connectivity index (χ0n) is 12.6. The van der Waals surface area contributed by atoms with E-state index in [1.165, 1.54) is 5.69 Å². The van der Waals surface area contributed by atoms with E-state index in [0.29, 0.717) is 0 Å². The van der Waals surface area contributed by atoms with Crippen LogP contribution < -0.4 is 4.90 Å². The van der Waals surface area contributed by atoms with Crippen molar-refractivity contribution in [3.63, 3.8) is 0 Å². The van der Waals surface area contributed by atoms with Gasteiger partial charge in [-0.1, -0.05) is 18.2 Å². The molecule has 0 amide bonds. The monoisotopic (exact) mass is 285 g/mol. The Morgan fingerprint density at radius 1 is 1.10 bits per heavy atom. The van der Waals surface area contributed by atoms with Crippen molar-refractivity contribution in [1.82, 2.24) is 20.1 Å². The first kappa shape index (κ1) is 14.1. The summed E-state index contributed by atoms with van der Waals surface area (Å²) in [4.78, 5) is 9.36. The molecular weight excluding hydrogens is 262 g/mol. The Kier molecular flexibility index (Phi) is 4.50. The highest BCUT2D eigenvalue weighted by atomic mass is 15.3. The lowest BCUT2D eigenvalue weighted by atomic mass is 10.2. The average Bonchev–Trinajstić information content (AvgIpc) is 2.94. The number of aryl methyl sites for hydroxylation is 2. The van der Waals surface area contributed by atoms with Gasteiger partial charge in [0.15, 0.2) is 5.82 Å². The highest BCUT2D eigenvalue weighted by Crippen LogP contribution is 2.15. The van der Waals surface area contributed by atoms with Crippen LogP contribution in [0, 0.1) is 6.92 Å². The van der Waals surface area contributed by atoms with Gasteiger partial charge in [0.1, 0.15) is 5.82 Å². The summed E-state index contributed by atoms with van der Waals surface area (Å²) < 4.78 is 0. The first-order valence-electron chi connectivity index (χ1n) is 7.71. The lowest BCUT2D eigenvalue weighted by Crippen LogP contribution is -2.46. The zero-order valence-corrected chi connectivity index (χ0v) is 12.6. The average molecular weight is 285 g/mol. The molecule has 1 aromatic heterocycles. The lowest BCUT2D eigenvalue weighted by Gasteiger charge is -2.36. The zero-order chi connectivity index (χ0) is 14.5. The Bertz CT molecular complexity index is 543. The summed E-state index contributed by atoms with van der Waals surface area (Å²) in [6.45, 7) is 7.59. The molecule has 21 heavy (non-hydrogen) atoms. The SMILES string of the molecule is Cc1nc(CCCN2CCN(c3ccccc3)CC2)n[nH]1. The van der Waals surface area contributed by atoms with Crippen LogP contribution in [0.2, 0.25) is 0 Å². The standard InChI is InChI=1S/C16H23N5/c1-14-17-16(19-18-14)8-5-9-20-10-12-21(13-11-20)15-6-3-2-4-7-15/h2-4,6-7H,5,8-13H2,1H3,(H,17,18,19). The molecule has 0 bridgehead atoms. The van der Waals surface area contributed by atoms with Crippen LogP contribution in [-0.2, 0) is 6.42 Å². The third-order valence-electron chi connectivity index (χ3n) is 4.01. The second-order valence-corrected chi connectivity index (χ2v) is 5.60. The van der Waals surface area contributed by atoms with Crippen molar-refractivity contribution in [2.24, 2.45) is 0 Å². The van der Waals surface area contributed by atoms with E-state index < -0.39 is 0 Å². The van der Waals surface area contributed by atoms with Crippen molar-refractivity contribution in [1.29, 1.82) is 0 Å². The summed E-state index contributed by atoms with van der Waals surface area (Å²) in [5.41, 5.74) is 1.34. The smallest absolute Gasteiger partial charge is 0.150 e. The maximum Gasteiger partial charge on any atom is 0.150 e. The van der Waals surface area contributed by atoms with E-state index in [1.54, 1.807) is 0 Å². The van der Waals surface area contributed by atoms with Crippen molar-refractivity contribution in [2.45, 2.75) is 19.8 Å².